The van der Waals surface area contributed by atoms with Crippen LogP contribution in [0.3, 0.4) is 0 Å². The summed E-state index contributed by atoms with van der Waals surface area (Å²) >= 11 is 5.96. The minimum atomic E-state index is -3.87. The maximum absolute atomic E-state index is 13.1. The van der Waals surface area contributed by atoms with E-state index in [-0.39, 0.29) is 10.5 Å². The van der Waals surface area contributed by atoms with Crippen LogP contribution in [0.1, 0.15) is 32.6 Å². The van der Waals surface area contributed by atoms with E-state index in [4.69, 9.17) is 11.6 Å². The highest BCUT2D eigenvalue weighted by Gasteiger charge is 2.20. The molecule has 30 heavy (non-hydrogen) atoms. The van der Waals surface area contributed by atoms with Gasteiger partial charge in [-0.2, -0.15) is 0 Å². The van der Waals surface area contributed by atoms with E-state index in [2.05, 4.69) is 10.0 Å². The van der Waals surface area contributed by atoms with Crippen LogP contribution in [-0.2, 0) is 10.0 Å². The molecular formula is C23H23ClN2O3S. The zero-order valence-electron chi connectivity index (χ0n) is 17.2. The molecule has 0 heterocycles. The number of anilines is 2. The van der Waals surface area contributed by atoms with Crippen LogP contribution in [0.15, 0.2) is 59.5 Å². The van der Waals surface area contributed by atoms with Crippen LogP contribution >= 0.6 is 11.6 Å². The lowest BCUT2D eigenvalue weighted by Gasteiger charge is -2.14. The SMILES string of the molecule is Cc1ccc(C)c(NS(=O)(=O)c2cc(C(=O)Nc3ccc(Cl)cc3C)ccc2C)c1. The molecule has 0 aromatic heterocycles. The summed E-state index contributed by atoms with van der Waals surface area (Å²) in [6.07, 6.45) is 0. The van der Waals surface area contributed by atoms with Crippen LogP contribution in [0.4, 0.5) is 11.4 Å². The molecule has 2 N–H and O–H groups in total. The summed E-state index contributed by atoms with van der Waals surface area (Å²) in [6.45, 7) is 7.26. The fourth-order valence-electron chi connectivity index (χ4n) is 3.04. The molecule has 3 aromatic carbocycles. The van der Waals surface area contributed by atoms with Crippen LogP contribution in [0, 0.1) is 27.7 Å². The highest BCUT2D eigenvalue weighted by atomic mass is 35.5. The third-order valence-corrected chi connectivity index (χ3v) is 6.56. The van der Waals surface area contributed by atoms with E-state index in [1.807, 2.05) is 32.9 Å². The lowest BCUT2D eigenvalue weighted by atomic mass is 10.1. The first kappa shape index (κ1) is 21.9. The van der Waals surface area contributed by atoms with Gasteiger partial charge in [0.2, 0.25) is 0 Å². The molecule has 0 aliphatic rings. The van der Waals surface area contributed by atoms with Crippen LogP contribution in [0.5, 0.6) is 0 Å². The number of carbonyl (C=O) groups excluding carboxylic acids is 1. The first-order chi connectivity index (χ1) is 14.1. The molecule has 0 saturated carbocycles. The standard InChI is InChI=1S/C23H23ClN2O3S/c1-14-5-6-15(2)21(11-14)26-30(28,29)22-13-18(8-7-16(22)3)23(27)25-20-10-9-19(24)12-17(20)4/h5-13,26H,1-4H3,(H,25,27). The maximum atomic E-state index is 13.1. The van der Waals surface area contributed by atoms with Gasteiger partial charge >= 0.3 is 0 Å². The van der Waals surface area contributed by atoms with Crippen LogP contribution in [0.2, 0.25) is 5.02 Å². The van der Waals surface area contributed by atoms with E-state index in [1.54, 1.807) is 43.3 Å². The second kappa shape index (κ2) is 8.50. The first-order valence-electron chi connectivity index (χ1n) is 9.35. The molecule has 7 heteroatoms. The molecule has 0 saturated heterocycles. The minimum absolute atomic E-state index is 0.0592. The van der Waals surface area contributed by atoms with Gasteiger partial charge in [0.25, 0.3) is 15.9 Å². The predicted octanol–water partition coefficient (Wildman–Crippen LogP) is 5.63. The molecule has 1 amide bonds. The summed E-state index contributed by atoms with van der Waals surface area (Å²) in [5, 5.41) is 3.38. The fourth-order valence-corrected chi connectivity index (χ4v) is 4.66. The van der Waals surface area contributed by atoms with Gasteiger partial charge in [-0.3, -0.25) is 9.52 Å². The van der Waals surface area contributed by atoms with Gasteiger partial charge in [0.05, 0.1) is 10.6 Å². The number of carbonyl (C=O) groups is 1. The highest BCUT2D eigenvalue weighted by Crippen LogP contribution is 2.25. The molecule has 156 valence electrons. The Morgan fingerprint density at radius 2 is 1.50 bits per heavy atom. The number of hydrogen-bond acceptors (Lipinski definition) is 3. The highest BCUT2D eigenvalue weighted by molar-refractivity contribution is 7.92. The average molecular weight is 443 g/mol. The minimum Gasteiger partial charge on any atom is -0.322 e. The summed E-state index contributed by atoms with van der Waals surface area (Å²) in [4.78, 5) is 12.8. The van der Waals surface area contributed by atoms with E-state index in [0.29, 0.717) is 22.0 Å². The van der Waals surface area contributed by atoms with Crippen molar-refractivity contribution in [2.24, 2.45) is 0 Å². The van der Waals surface area contributed by atoms with Crippen LogP contribution in [0.25, 0.3) is 0 Å². The average Bonchev–Trinajstić information content (AvgIpc) is 2.67. The van der Waals surface area contributed by atoms with Crippen molar-refractivity contribution in [3.05, 3.63) is 87.4 Å². The molecule has 5 nitrogen and oxygen atoms in total. The molecule has 0 spiro atoms. The number of halogens is 1. The Balaban J connectivity index is 1.92. The zero-order valence-corrected chi connectivity index (χ0v) is 18.8. The van der Waals surface area contributed by atoms with Crippen molar-refractivity contribution >= 4 is 38.9 Å². The first-order valence-corrected chi connectivity index (χ1v) is 11.2. The van der Waals surface area contributed by atoms with Crippen molar-refractivity contribution in [1.29, 1.82) is 0 Å². The quantitative estimate of drug-likeness (QED) is 0.537. The fraction of sp³-hybridized carbons (Fsp3) is 0.174. The number of sulfonamides is 1. The largest absolute Gasteiger partial charge is 0.322 e. The van der Waals surface area contributed by atoms with Gasteiger partial charge in [-0.05, 0) is 86.3 Å². The third kappa shape index (κ3) is 4.83. The van der Waals surface area contributed by atoms with Crippen molar-refractivity contribution in [3.63, 3.8) is 0 Å². The molecule has 0 aliphatic heterocycles. The van der Waals surface area contributed by atoms with Crippen molar-refractivity contribution in [2.75, 3.05) is 10.0 Å². The van der Waals surface area contributed by atoms with Gasteiger partial charge in [-0.25, -0.2) is 8.42 Å². The van der Waals surface area contributed by atoms with E-state index in [1.165, 1.54) is 6.07 Å². The Kier molecular flexibility index (Phi) is 6.19. The van der Waals surface area contributed by atoms with Crippen molar-refractivity contribution in [2.45, 2.75) is 32.6 Å². The second-order valence-electron chi connectivity index (χ2n) is 7.32. The zero-order chi connectivity index (χ0) is 22.1. The van der Waals surface area contributed by atoms with Crippen LogP contribution in [-0.4, -0.2) is 14.3 Å². The number of aryl methyl sites for hydroxylation is 4. The van der Waals surface area contributed by atoms with E-state index < -0.39 is 15.9 Å². The van der Waals surface area contributed by atoms with Gasteiger partial charge in [0.1, 0.15) is 0 Å². The Morgan fingerprint density at radius 1 is 0.800 bits per heavy atom. The maximum Gasteiger partial charge on any atom is 0.262 e. The molecule has 0 fully saturated rings. The smallest absolute Gasteiger partial charge is 0.262 e. The Labute approximate surface area is 182 Å². The lowest BCUT2D eigenvalue weighted by molar-refractivity contribution is 0.102. The molecule has 0 radical (unpaired) electrons. The monoisotopic (exact) mass is 442 g/mol. The second-order valence-corrected chi connectivity index (χ2v) is 9.40. The molecule has 0 atom stereocenters. The number of hydrogen-bond donors (Lipinski definition) is 2. The third-order valence-electron chi connectivity index (χ3n) is 4.81. The number of rotatable bonds is 5. The van der Waals surface area contributed by atoms with E-state index in [9.17, 15) is 13.2 Å². The predicted molar refractivity (Wildman–Crippen MR) is 122 cm³/mol. The van der Waals surface area contributed by atoms with Crippen molar-refractivity contribution in [3.8, 4) is 0 Å². The van der Waals surface area contributed by atoms with Gasteiger partial charge in [0, 0.05) is 16.3 Å². The number of benzene rings is 3. The molecule has 3 rings (SSSR count). The number of amides is 1. The Hall–Kier alpha value is -2.83. The van der Waals surface area contributed by atoms with Gasteiger partial charge in [-0.1, -0.05) is 29.8 Å². The van der Waals surface area contributed by atoms with Crippen LogP contribution < -0.4 is 10.0 Å². The van der Waals surface area contributed by atoms with E-state index >= 15 is 0 Å². The summed E-state index contributed by atoms with van der Waals surface area (Å²) in [6, 6.07) is 15.3. The van der Waals surface area contributed by atoms with Gasteiger partial charge < -0.3 is 5.32 Å². The normalized spacial score (nSPS) is 11.2. The lowest BCUT2D eigenvalue weighted by Crippen LogP contribution is -2.18. The summed E-state index contributed by atoms with van der Waals surface area (Å²) in [5.41, 5.74) is 4.50. The van der Waals surface area contributed by atoms with Gasteiger partial charge in [-0.15, -0.1) is 0 Å². The topological polar surface area (TPSA) is 75.3 Å². The van der Waals surface area contributed by atoms with E-state index in [0.717, 1.165) is 16.7 Å². The summed E-state index contributed by atoms with van der Waals surface area (Å²) < 4.78 is 28.7. The summed E-state index contributed by atoms with van der Waals surface area (Å²) in [7, 11) is -3.87. The van der Waals surface area contributed by atoms with Gasteiger partial charge in [0.15, 0.2) is 0 Å². The molecule has 0 aliphatic carbocycles. The molecule has 3 aromatic rings. The Bertz CT molecular complexity index is 1240. The molecular weight excluding hydrogens is 420 g/mol. The summed E-state index contributed by atoms with van der Waals surface area (Å²) in [5.74, 6) is -0.399. The molecule has 0 unspecified atom stereocenters. The van der Waals surface area contributed by atoms with Crippen molar-refractivity contribution in [1.82, 2.24) is 0 Å². The van der Waals surface area contributed by atoms with Crippen molar-refractivity contribution < 1.29 is 13.2 Å². The molecule has 0 bridgehead atoms. The Morgan fingerprint density at radius 3 is 2.20 bits per heavy atom. The number of nitrogens with one attached hydrogen (secondary N) is 2.